The first-order valence-corrected chi connectivity index (χ1v) is 6.83. The molecular formula is C12H26OSi. The van der Waals surface area contributed by atoms with Crippen LogP contribution in [0.2, 0.25) is 0 Å². The van der Waals surface area contributed by atoms with Gasteiger partial charge in [0.15, 0.2) is 0 Å². The van der Waals surface area contributed by atoms with Crippen molar-refractivity contribution in [3.05, 3.63) is 11.6 Å². The van der Waals surface area contributed by atoms with E-state index in [1.54, 1.807) is 5.57 Å². The van der Waals surface area contributed by atoms with Crippen molar-refractivity contribution in [3.63, 3.8) is 0 Å². The summed E-state index contributed by atoms with van der Waals surface area (Å²) in [5.74, 6) is 0. The summed E-state index contributed by atoms with van der Waals surface area (Å²) in [6.07, 6.45) is 11.4. The molecule has 2 heteroatoms. The summed E-state index contributed by atoms with van der Waals surface area (Å²) < 4.78 is 5.20. The molecule has 1 nitrogen and oxygen atoms in total. The van der Waals surface area contributed by atoms with Gasteiger partial charge in [0.2, 0.25) is 0 Å². The summed E-state index contributed by atoms with van der Waals surface area (Å²) in [6.45, 7) is 5.45. The summed E-state index contributed by atoms with van der Waals surface area (Å²) in [5.41, 5.74) is 1.66. The van der Waals surface area contributed by atoms with E-state index in [0.29, 0.717) is 0 Å². The van der Waals surface area contributed by atoms with Gasteiger partial charge in [0, 0.05) is 6.61 Å². The Labute approximate surface area is 92.5 Å². The maximum absolute atomic E-state index is 5.20. The van der Waals surface area contributed by atoms with Crippen LogP contribution >= 0.6 is 0 Å². The Bertz CT molecular complexity index is 133. The molecule has 84 valence electrons. The van der Waals surface area contributed by atoms with Crippen LogP contribution < -0.4 is 0 Å². The molecule has 0 rings (SSSR count). The molecule has 0 aliphatic carbocycles. The lowest BCUT2D eigenvalue weighted by Gasteiger charge is -2.06. The first-order chi connectivity index (χ1) is 6.85. The minimum absolute atomic E-state index is 0.876. The number of hydrogen-bond donors (Lipinski definition) is 0. The fraction of sp³-hybridized carbons (Fsp3) is 0.833. The smallest absolute Gasteiger partial charge is 0.145 e. The average Bonchev–Trinajstić information content (AvgIpc) is 2.21. The van der Waals surface area contributed by atoms with Crippen LogP contribution in [0, 0.1) is 0 Å². The van der Waals surface area contributed by atoms with Crippen molar-refractivity contribution in [2.24, 2.45) is 0 Å². The van der Waals surface area contributed by atoms with Crippen LogP contribution in [0.3, 0.4) is 0 Å². The van der Waals surface area contributed by atoms with Crippen LogP contribution in [0.4, 0.5) is 0 Å². The Morgan fingerprint density at radius 1 is 1.14 bits per heavy atom. The van der Waals surface area contributed by atoms with Gasteiger partial charge in [-0.15, -0.1) is 0 Å². The molecule has 0 amide bonds. The van der Waals surface area contributed by atoms with Gasteiger partial charge in [0.25, 0.3) is 0 Å². The predicted molar refractivity (Wildman–Crippen MR) is 67.6 cm³/mol. The minimum atomic E-state index is 0.876. The quantitative estimate of drug-likeness (QED) is 0.326. The lowest BCUT2D eigenvalue weighted by Crippen LogP contribution is -1.90. The van der Waals surface area contributed by atoms with Crippen LogP contribution in [0.25, 0.3) is 0 Å². The molecule has 0 bridgehead atoms. The number of unbranched alkanes of at least 4 members (excludes halogenated alkanes) is 2. The summed E-state index contributed by atoms with van der Waals surface area (Å²) in [5, 5.41) is 0. The van der Waals surface area contributed by atoms with Crippen LogP contribution in [-0.2, 0) is 4.43 Å². The topological polar surface area (TPSA) is 9.23 Å². The highest BCUT2D eigenvalue weighted by Gasteiger charge is 1.96. The third kappa shape index (κ3) is 8.51. The highest BCUT2D eigenvalue weighted by molar-refractivity contribution is 5.97. The fourth-order valence-corrected chi connectivity index (χ4v) is 1.75. The highest BCUT2D eigenvalue weighted by atomic mass is 28.2. The van der Waals surface area contributed by atoms with Crippen LogP contribution in [-0.4, -0.2) is 17.1 Å². The second kappa shape index (κ2) is 11.0. The summed E-state index contributed by atoms with van der Waals surface area (Å²) in [4.78, 5) is 0. The molecule has 0 unspecified atom stereocenters. The summed E-state index contributed by atoms with van der Waals surface area (Å²) in [6, 6.07) is 0. The van der Waals surface area contributed by atoms with Crippen LogP contribution in [0.1, 0.15) is 58.8 Å². The maximum atomic E-state index is 5.20. The van der Waals surface area contributed by atoms with E-state index in [4.69, 9.17) is 4.43 Å². The fourth-order valence-electron chi connectivity index (χ4n) is 1.52. The van der Waals surface area contributed by atoms with Crippen molar-refractivity contribution in [1.82, 2.24) is 0 Å². The first kappa shape index (κ1) is 13.9. The van der Waals surface area contributed by atoms with Gasteiger partial charge in [-0.25, -0.2) is 0 Å². The molecule has 0 saturated carbocycles. The van der Waals surface area contributed by atoms with Gasteiger partial charge in [-0.1, -0.05) is 38.3 Å². The Kier molecular flexibility index (Phi) is 10.9. The molecular weight excluding hydrogens is 188 g/mol. The first-order valence-electron chi connectivity index (χ1n) is 6.02. The molecule has 0 aromatic carbocycles. The molecule has 0 heterocycles. The Morgan fingerprint density at radius 3 is 2.14 bits per heavy atom. The number of rotatable bonds is 9. The largest absolute Gasteiger partial charge is 0.428 e. The standard InChI is InChI=1S/C12H26OSi/c1-3-5-8-12(9-6-4-2)10-7-11-13-14/h10H,3-9,11H2,1-2,14H3. The lowest BCUT2D eigenvalue weighted by molar-refractivity contribution is 0.357. The molecule has 0 aliphatic rings. The van der Waals surface area contributed by atoms with Gasteiger partial charge in [-0.2, -0.15) is 0 Å². The molecule has 0 fully saturated rings. The third-order valence-electron chi connectivity index (χ3n) is 2.46. The molecule has 14 heavy (non-hydrogen) atoms. The van der Waals surface area contributed by atoms with Gasteiger partial charge < -0.3 is 4.43 Å². The Balaban J connectivity index is 3.75. The predicted octanol–water partition coefficient (Wildman–Crippen LogP) is 2.98. The van der Waals surface area contributed by atoms with Gasteiger partial charge in [0.05, 0.1) is 0 Å². The van der Waals surface area contributed by atoms with Gasteiger partial charge in [-0.05, 0) is 32.1 Å². The molecule has 0 aromatic rings. The zero-order chi connectivity index (χ0) is 10.6. The van der Waals surface area contributed by atoms with Crippen molar-refractivity contribution >= 4 is 10.5 Å². The third-order valence-corrected chi connectivity index (χ3v) is 2.87. The lowest BCUT2D eigenvalue weighted by atomic mass is 10.0. The van der Waals surface area contributed by atoms with E-state index in [-0.39, 0.29) is 0 Å². The minimum Gasteiger partial charge on any atom is -0.428 e. The van der Waals surface area contributed by atoms with Gasteiger partial charge >= 0.3 is 0 Å². The average molecular weight is 214 g/mol. The highest BCUT2D eigenvalue weighted by Crippen LogP contribution is 2.15. The van der Waals surface area contributed by atoms with Crippen molar-refractivity contribution in [2.75, 3.05) is 6.61 Å². The molecule has 0 atom stereocenters. The van der Waals surface area contributed by atoms with E-state index in [2.05, 4.69) is 19.9 Å². The van der Waals surface area contributed by atoms with E-state index in [9.17, 15) is 0 Å². The van der Waals surface area contributed by atoms with Crippen LogP contribution in [0.5, 0.6) is 0 Å². The van der Waals surface area contributed by atoms with Crippen molar-refractivity contribution < 1.29 is 4.43 Å². The molecule has 0 saturated heterocycles. The number of hydrogen-bond acceptors (Lipinski definition) is 1. The second-order valence-corrected chi connectivity index (χ2v) is 4.43. The van der Waals surface area contributed by atoms with Crippen molar-refractivity contribution in [3.8, 4) is 0 Å². The maximum Gasteiger partial charge on any atom is 0.145 e. The van der Waals surface area contributed by atoms with Gasteiger partial charge in [-0.3, -0.25) is 0 Å². The monoisotopic (exact) mass is 214 g/mol. The van der Waals surface area contributed by atoms with E-state index < -0.39 is 0 Å². The van der Waals surface area contributed by atoms with Crippen molar-refractivity contribution in [2.45, 2.75) is 58.8 Å². The molecule has 0 N–H and O–H groups in total. The summed E-state index contributed by atoms with van der Waals surface area (Å²) in [7, 11) is 0.876. The summed E-state index contributed by atoms with van der Waals surface area (Å²) >= 11 is 0. The zero-order valence-electron chi connectivity index (χ0n) is 10.1. The zero-order valence-corrected chi connectivity index (χ0v) is 12.1. The van der Waals surface area contributed by atoms with Crippen molar-refractivity contribution in [1.29, 1.82) is 0 Å². The number of allylic oxidation sites excluding steroid dienone is 1. The normalized spacial score (nSPS) is 10.4. The Morgan fingerprint density at radius 2 is 1.71 bits per heavy atom. The molecule has 0 aromatic heterocycles. The van der Waals surface area contributed by atoms with E-state index in [1.807, 2.05) is 0 Å². The molecule has 0 spiro atoms. The molecule has 0 radical (unpaired) electrons. The van der Waals surface area contributed by atoms with Gasteiger partial charge in [0.1, 0.15) is 10.5 Å². The Hall–Kier alpha value is -0.0831. The molecule has 0 aliphatic heterocycles. The SMILES string of the molecule is CCCCC(=CCCO[SiH3])CCCC. The van der Waals surface area contributed by atoms with Crippen LogP contribution in [0.15, 0.2) is 11.6 Å². The van der Waals surface area contributed by atoms with E-state index in [1.165, 1.54) is 38.5 Å². The second-order valence-electron chi connectivity index (χ2n) is 3.85. The van der Waals surface area contributed by atoms with E-state index >= 15 is 0 Å². The van der Waals surface area contributed by atoms with E-state index in [0.717, 1.165) is 23.5 Å².